The Hall–Kier alpha value is -0.600. The molecule has 0 aliphatic heterocycles. The molecule has 0 aliphatic rings. The molecule has 1 unspecified atom stereocenters. The SMILES string of the molecule is C=CCC(CN)c1ccc(Br)cc1. The van der Waals surface area contributed by atoms with Crippen molar-refractivity contribution in [1.29, 1.82) is 0 Å². The fourth-order valence-corrected chi connectivity index (χ4v) is 1.57. The molecule has 0 aliphatic carbocycles. The van der Waals surface area contributed by atoms with Crippen LogP contribution in [0.4, 0.5) is 0 Å². The molecule has 0 amide bonds. The van der Waals surface area contributed by atoms with Gasteiger partial charge in [0.2, 0.25) is 0 Å². The Labute approximate surface area is 87.8 Å². The first-order chi connectivity index (χ1) is 6.27. The molecule has 0 fully saturated rings. The Morgan fingerprint density at radius 1 is 1.38 bits per heavy atom. The highest BCUT2D eigenvalue weighted by molar-refractivity contribution is 9.10. The highest BCUT2D eigenvalue weighted by Crippen LogP contribution is 2.20. The summed E-state index contributed by atoms with van der Waals surface area (Å²) < 4.78 is 1.10. The van der Waals surface area contributed by atoms with E-state index in [1.807, 2.05) is 18.2 Å². The van der Waals surface area contributed by atoms with E-state index in [1.165, 1.54) is 5.56 Å². The van der Waals surface area contributed by atoms with Crippen LogP contribution in [-0.4, -0.2) is 6.54 Å². The van der Waals surface area contributed by atoms with Crippen molar-refractivity contribution in [2.45, 2.75) is 12.3 Å². The molecule has 0 radical (unpaired) electrons. The molecule has 70 valence electrons. The molecule has 2 heteroatoms. The van der Waals surface area contributed by atoms with E-state index < -0.39 is 0 Å². The Morgan fingerprint density at radius 2 is 2.00 bits per heavy atom. The fourth-order valence-electron chi connectivity index (χ4n) is 1.30. The van der Waals surface area contributed by atoms with Gasteiger partial charge in [0.05, 0.1) is 0 Å². The van der Waals surface area contributed by atoms with Gasteiger partial charge in [-0.05, 0) is 36.6 Å². The van der Waals surface area contributed by atoms with Crippen LogP contribution in [0.3, 0.4) is 0 Å². The topological polar surface area (TPSA) is 26.0 Å². The van der Waals surface area contributed by atoms with Crippen molar-refractivity contribution < 1.29 is 0 Å². The summed E-state index contributed by atoms with van der Waals surface area (Å²) in [6.45, 7) is 4.40. The van der Waals surface area contributed by atoms with Crippen LogP contribution in [0, 0.1) is 0 Å². The van der Waals surface area contributed by atoms with Gasteiger partial charge in [-0.1, -0.05) is 34.1 Å². The van der Waals surface area contributed by atoms with Crippen LogP contribution in [0.2, 0.25) is 0 Å². The third-order valence-corrected chi connectivity index (χ3v) is 2.61. The quantitative estimate of drug-likeness (QED) is 0.804. The van der Waals surface area contributed by atoms with E-state index >= 15 is 0 Å². The Balaban J connectivity index is 2.78. The molecule has 1 aromatic carbocycles. The van der Waals surface area contributed by atoms with Gasteiger partial charge >= 0.3 is 0 Å². The minimum atomic E-state index is 0.408. The minimum Gasteiger partial charge on any atom is -0.330 e. The predicted octanol–water partition coefficient (Wildman–Crippen LogP) is 3.07. The average molecular weight is 240 g/mol. The first-order valence-electron chi connectivity index (χ1n) is 4.34. The molecule has 1 rings (SSSR count). The number of nitrogens with two attached hydrogens (primary N) is 1. The summed E-state index contributed by atoms with van der Waals surface area (Å²) in [5.74, 6) is 0.408. The number of hydrogen-bond donors (Lipinski definition) is 1. The van der Waals surface area contributed by atoms with Crippen LogP contribution in [0.15, 0.2) is 41.4 Å². The normalized spacial score (nSPS) is 12.5. The van der Waals surface area contributed by atoms with Gasteiger partial charge in [0, 0.05) is 4.47 Å². The monoisotopic (exact) mass is 239 g/mol. The van der Waals surface area contributed by atoms with Crippen LogP contribution in [0.5, 0.6) is 0 Å². The van der Waals surface area contributed by atoms with Gasteiger partial charge < -0.3 is 5.73 Å². The van der Waals surface area contributed by atoms with Gasteiger partial charge in [0.1, 0.15) is 0 Å². The van der Waals surface area contributed by atoms with E-state index in [9.17, 15) is 0 Å². The van der Waals surface area contributed by atoms with Gasteiger partial charge in [-0.3, -0.25) is 0 Å². The van der Waals surface area contributed by atoms with Gasteiger partial charge in [-0.15, -0.1) is 6.58 Å². The molecule has 0 aromatic heterocycles. The Morgan fingerprint density at radius 3 is 2.46 bits per heavy atom. The molecular weight excluding hydrogens is 226 g/mol. The van der Waals surface area contributed by atoms with Gasteiger partial charge in [-0.25, -0.2) is 0 Å². The highest BCUT2D eigenvalue weighted by atomic mass is 79.9. The highest BCUT2D eigenvalue weighted by Gasteiger charge is 2.06. The van der Waals surface area contributed by atoms with E-state index in [0.29, 0.717) is 12.5 Å². The molecule has 1 aromatic rings. The predicted molar refractivity (Wildman–Crippen MR) is 60.8 cm³/mol. The maximum Gasteiger partial charge on any atom is 0.0175 e. The lowest BCUT2D eigenvalue weighted by Gasteiger charge is -2.12. The number of hydrogen-bond acceptors (Lipinski definition) is 1. The summed E-state index contributed by atoms with van der Waals surface area (Å²) >= 11 is 3.40. The molecule has 1 atom stereocenters. The number of benzene rings is 1. The van der Waals surface area contributed by atoms with Crippen molar-refractivity contribution in [2.24, 2.45) is 5.73 Å². The maximum absolute atomic E-state index is 5.67. The van der Waals surface area contributed by atoms with Crippen molar-refractivity contribution in [2.75, 3.05) is 6.54 Å². The standard InChI is InChI=1S/C11H14BrN/c1-2-3-10(8-13)9-4-6-11(12)7-5-9/h2,4-7,10H,1,3,8,13H2. The maximum atomic E-state index is 5.67. The third kappa shape index (κ3) is 2.98. The van der Waals surface area contributed by atoms with Crippen molar-refractivity contribution in [3.63, 3.8) is 0 Å². The second kappa shape index (κ2) is 5.20. The number of rotatable bonds is 4. The largest absolute Gasteiger partial charge is 0.330 e. The zero-order chi connectivity index (χ0) is 9.68. The van der Waals surface area contributed by atoms with Crippen molar-refractivity contribution in [3.8, 4) is 0 Å². The molecule has 2 N–H and O–H groups in total. The lowest BCUT2D eigenvalue weighted by atomic mass is 9.96. The average Bonchev–Trinajstić information content (AvgIpc) is 2.16. The molecule has 0 spiro atoms. The lowest BCUT2D eigenvalue weighted by Crippen LogP contribution is -2.11. The molecule has 0 saturated carbocycles. The molecular formula is C11H14BrN. The van der Waals surface area contributed by atoms with Gasteiger partial charge in [0.15, 0.2) is 0 Å². The summed E-state index contributed by atoms with van der Waals surface area (Å²) in [7, 11) is 0. The van der Waals surface area contributed by atoms with Crippen LogP contribution in [-0.2, 0) is 0 Å². The summed E-state index contributed by atoms with van der Waals surface area (Å²) in [6.07, 6.45) is 2.86. The minimum absolute atomic E-state index is 0.408. The first kappa shape index (κ1) is 10.5. The van der Waals surface area contributed by atoms with E-state index in [0.717, 1.165) is 10.9 Å². The second-order valence-corrected chi connectivity index (χ2v) is 3.92. The zero-order valence-corrected chi connectivity index (χ0v) is 9.13. The second-order valence-electron chi connectivity index (χ2n) is 3.01. The summed E-state index contributed by atoms with van der Waals surface area (Å²) in [6, 6.07) is 8.29. The van der Waals surface area contributed by atoms with Gasteiger partial charge in [-0.2, -0.15) is 0 Å². The van der Waals surface area contributed by atoms with Crippen LogP contribution in [0.25, 0.3) is 0 Å². The zero-order valence-electron chi connectivity index (χ0n) is 7.54. The van der Waals surface area contributed by atoms with Gasteiger partial charge in [0.25, 0.3) is 0 Å². The van der Waals surface area contributed by atoms with Crippen molar-refractivity contribution in [1.82, 2.24) is 0 Å². The molecule has 1 nitrogen and oxygen atoms in total. The van der Waals surface area contributed by atoms with E-state index in [1.54, 1.807) is 0 Å². The number of allylic oxidation sites excluding steroid dienone is 1. The Kier molecular flexibility index (Phi) is 4.19. The fraction of sp³-hybridized carbons (Fsp3) is 0.273. The van der Waals surface area contributed by atoms with E-state index in [2.05, 4.69) is 34.6 Å². The molecule has 13 heavy (non-hydrogen) atoms. The smallest absolute Gasteiger partial charge is 0.0175 e. The lowest BCUT2D eigenvalue weighted by molar-refractivity contribution is 0.711. The van der Waals surface area contributed by atoms with Crippen molar-refractivity contribution in [3.05, 3.63) is 47.0 Å². The van der Waals surface area contributed by atoms with Crippen molar-refractivity contribution >= 4 is 15.9 Å². The third-order valence-electron chi connectivity index (χ3n) is 2.08. The van der Waals surface area contributed by atoms with Crippen LogP contribution >= 0.6 is 15.9 Å². The van der Waals surface area contributed by atoms with E-state index in [-0.39, 0.29) is 0 Å². The van der Waals surface area contributed by atoms with Crippen LogP contribution < -0.4 is 5.73 Å². The summed E-state index contributed by atoms with van der Waals surface area (Å²) in [4.78, 5) is 0. The van der Waals surface area contributed by atoms with E-state index in [4.69, 9.17) is 5.73 Å². The molecule has 0 heterocycles. The molecule has 0 saturated heterocycles. The molecule has 0 bridgehead atoms. The summed E-state index contributed by atoms with van der Waals surface area (Å²) in [5.41, 5.74) is 6.95. The first-order valence-corrected chi connectivity index (χ1v) is 5.13. The summed E-state index contributed by atoms with van der Waals surface area (Å²) in [5, 5.41) is 0. The number of halogens is 1. The van der Waals surface area contributed by atoms with Crippen LogP contribution in [0.1, 0.15) is 17.9 Å². The Bertz CT molecular complexity index is 266.